The van der Waals surface area contributed by atoms with E-state index in [1.165, 1.54) is 0 Å². The number of halogens is 1. The van der Waals surface area contributed by atoms with Crippen LogP contribution in [-0.2, 0) is 16.1 Å². The Labute approximate surface area is 151 Å². The van der Waals surface area contributed by atoms with Gasteiger partial charge in [0.25, 0.3) is 0 Å². The van der Waals surface area contributed by atoms with Crippen molar-refractivity contribution in [2.75, 3.05) is 32.8 Å². The van der Waals surface area contributed by atoms with E-state index in [4.69, 9.17) is 14.6 Å². The molecular formula is C18H23FN2O5. The summed E-state index contributed by atoms with van der Waals surface area (Å²) in [7, 11) is 0. The molecule has 142 valence electrons. The van der Waals surface area contributed by atoms with Crippen LogP contribution < -0.4 is 0 Å². The number of carbonyl (C=O) groups excluding carboxylic acids is 1. The van der Waals surface area contributed by atoms with Crippen molar-refractivity contribution in [3.05, 3.63) is 35.9 Å². The molecule has 3 rings (SSSR count). The molecule has 0 spiro atoms. The molecular weight excluding hydrogens is 343 g/mol. The number of benzene rings is 1. The minimum absolute atomic E-state index is 0.150. The van der Waals surface area contributed by atoms with Gasteiger partial charge < -0.3 is 24.4 Å². The summed E-state index contributed by atoms with van der Waals surface area (Å²) in [5, 5.41) is 8.87. The van der Waals surface area contributed by atoms with Gasteiger partial charge in [0, 0.05) is 25.6 Å². The van der Waals surface area contributed by atoms with Crippen molar-refractivity contribution in [3.63, 3.8) is 0 Å². The summed E-state index contributed by atoms with van der Waals surface area (Å²) in [6.07, 6.45) is -3.00. The molecule has 2 amide bonds. The van der Waals surface area contributed by atoms with Crippen molar-refractivity contribution in [1.29, 1.82) is 0 Å². The van der Waals surface area contributed by atoms with Crippen molar-refractivity contribution in [2.45, 2.75) is 25.3 Å². The smallest absolute Gasteiger partial charge is 0.410 e. The summed E-state index contributed by atoms with van der Waals surface area (Å²) in [4.78, 5) is 25.4. The van der Waals surface area contributed by atoms with Crippen molar-refractivity contribution < 1.29 is 28.6 Å². The van der Waals surface area contributed by atoms with Crippen LogP contribution >= 0.6 is 0 Å². The van der Waals surface area contributed by atoms with Crippen LogP contribution in [0.1, 0.15) is 12.0 Å². The second kappa shape index (κ2) is 8.35. The number of carboxylic acid groups (broad SMARTS) is 1. The van der Waals surface area contributed by atoms with Crippen LogP contribution in [0.15, 0.2) is 30.3 Å². The number of ether oxygens (including phenoxy) is 2. The number of nitrogens with zero attached hydrogens (tertiary/aromatic N) is 2. The van der Waals surface area contributed by atoms with E-state index < -0.39 is 18.4 Å². The highest BCUT2D eigenvalue weighted by atomic mass is 19.1. The highest BCUT2D eigenvalue weighted by Crippen LogP contribution is 2.22. The third-order valence-corrected chi connectivity index (χ3v) is 4.72. The number of rotatable bonds is 5. The molecule has 2 heterocycles. The van der Waals surface area contributed by atoms with E-state index in [-0.39, 0.29) is 31.7 Å². The van der Waals surface area contributed by atoms with Crippen LogP contribution in [-0.4, -0.2) is 72.2 Å². The maximum absolute atomic E-state index is 14.0. The van der Waals surface area contributed by atoms with Gasteiger partial charge in [0.15, 0.2) is 0 Å². The molecule has 2 saturated heterocycles. The zero-order chi connectivity index (χ0) is 18.5. The Kier molecular flexibility index (Phi) is 5.92. The molecule has 2 fully saturated rings. The highest BCUT2D eigenvalue weighted by molar-refractivity contribution is 5.68. The maximum Gasteiger partial charge on any atom is 0.410 e. The number of amides is 2. The van der Waals surface area contributed by atoms with E-state index in [0.717, 1.165) is 10.5 Å². The lowest BCUT2D eigenvalue weighted by molar-refractivity contribution is -0.0717. The van der Waals surface area contributed by atoms with Gasteiger partial charge in [-0.2, -0.15) is 0 Å². The number of hydrogen-bond acceptors (Lipinski definition) is 4. The maximum atomic E-state index is 14.0. The second-order valence-corrected chi connectivity index (χ2v) is 6.72. The quantitative estimate of drug-likeness (QED) is 0.865. The molecule has 0 aliphatic carbocycles. The van der Waals surface area contributed by atoms with Crippen molar-refractivity contribution in [2.24, 2.45) is 5.92 Å². The summed E-state index contributed by atoms with van der Waals surface area (Å²) in [5.74, 6) is 0.156. The van der Waals surface area contributed by atoms with Crippen LogP contribution in [0.2, 0.25) is 0 Å². The Bertz CT molecular complexity index is 623. The van der Waals surface area contributed by atoms with E-state index in [2.05, 4.69) is 0 Å². The molecule has 0 bridgehead atoms. The molecule has 2 atom stereocenters. The summed E-state index contributed by atoms with van der Waals surface area (Å²) < 4.78 is 24.8. The molecule has 7 nitrogen and oxygen atoms in total. The predicted molar refractivity (Wildman–Crippen MR) is 90.5 cm³/mol. The summed E-state index contributed by atoms with van der Waals surface area (Å²) in [5.41, 5.74) is 0.933. The zero-order valence-corrected chi connectivity index (χ0v) is 14.4. The normalized spacial score (nSPS) is 23.4. The Morgan fingerprint density at radius 2 is 1.88 bits per heavy atom. The van der Waals surface area contributed by atoms with Gasteiger partial charge in [-0.25, -0.2) is 14.0 Å². The van der Waals surface area contributed by atoms with E-state index in [9.17, 15) is 14.0 Å². The van der Waals surface area contributed by atoms with Gasteiger partial charge in [-0.05, 0) is 12.0 Å². The van der Waals surface area contributed by atoms with Crippen molar-refractivity contribution in [1.82, 2.24) is 9.80 Å². The molecule has 0 aromatic heterocycles. The fourth-order valence-electron chi connectivity index (χ4n) is 3.14. The van der Waals surface area contributed by atoms with E-state index in [0.29, 0.717) is 26.1 Å². The zero-order valence-electron chi connectivity index (χ0n) is 14.4. The lowest BCUT2D eigenvalue weighted by Crippen LogP contribution is -2.53. The SMILES string of the molecule is O=C(O)N1CC[C@@H](OCC2CN(C(=O)OCc3ccccc3)C2)[C@@H](F)C1. The second-order valence-electron chi connectivity index (χ2n) is 6.72. The fourth-order valence-corrected chi connectivity index (χ4v) is 3.14. The number of carbonyl (C=O) groups is 2. The molecule has 8 heteroatoms. The Balaban J connectivity index is 1.32. The standard InChI is InChI=1S/C18H23FN2O5/c19-15-10-20(17(22)23)7-6-16(15)25-12-14-8-21(9-14)18(24)26-11-13-4-2-1-3-5-13/h1-5,14-16H,6-12H2,(H,22,23)/t15-,16+/m0/s1. The Morgan fingerprint density at radius 1 is 1.15 bits per heavy atom. The van der Waals surface area contributed by atoms with Gasteiger partial charge >= 0.3 is 12.2 Å². The molecule has 1 aromatic carbocycles. The monoisotopic (exact) mass is 366 g/mol. The van der Waals surface area contributed by atoms with Crippen molar-refractivity contribution >= 4 is 12.2 Å². The third-order valence-electron chi connectivity index (χ3n) is 4.72. The topological polar surface area (TPSA) is 79.3 Å². The predicted octanol–water partition coefficient (Wildman–Crippen LogP) is 2.36. The van der Waals surface area contributed by atoms with Gasteiger partial charge in [-0.1, -0.05) is 30.3 Å². The van der Waals surface area contributed by atoms with Crippen LogP contribution in [0.5, 0.6) is 0 Å². The average molecular weight is 366 g/mol. The summed E-state index contributed by atoms with van der Waals surface area (Å²) in [6.45, 7) is 1.78. The molecule has 1 N–H and O–H groups in total. The number of alkyl halides is 1. The van der Waals surface area contributed by atoms with Gasteiger partial charge in [0.05, 0.1) is 19.3 Å². The van der Waals surface area contributed by atoms with Gasteiger partial charge in [0.2, 0.25) is 0 Å². The van der Waals surface area contributed by atoms with Crippen LogP contribution in [0.3, 0.4) is 0 Å². The summed E-state index contributed by atoms with van der Waals surface area (Å²) >= 11 is 0. The first-order valence-electron chi connectivity index (χ1n) is 8.72. The molecule has 2 aliphatic rings. The Morgan fingerprint density at radius 3 is 2.54 bits per heavy atom. The molecule has 0 radical (unpaired) electrons. The first-order chi connectivity index (χ1) is 12.5. The lowest BCUT2D eigenvalue weighted by atomic mass is 10.0. The number of likely N-dealkylation sites (tertiary alicyclic amines) is 2. The van der Waals surface area contributed by atoms with Crippen LogP contribution in [0.4, 0.5) is 14.0 Å². The Hall–Kier alpha value is -2.35. The first-order valence-corrected chi connectivity index (χ1v) is 8.72. The number of hydrogen-bond donors (Lipinski definition) is 1. The summed E-state index contributed by atoms with van der Waals surface area (Å²) in [6, 6.07) is 9.46. The van der Waals surface area contributed by atoms with E-state index in [1.54, 1.807) is 4.90 Å². The molecule has 26 heavy (non-hydrogen) atoms. The molecule has 1 aromatic rings. The minimum atomic E-state index is -1.31. The van der Waals surface area contributed by atoms with Crippen LogP contribution in [0, 0.1) is 5.92 Å². The van der Waals surface area contributed by atoms with Gasteiger partial charge in [-0.3, -0.25) is 0 Å². The van der Waals surface area contributed by atoms with Gasteiger partial charge in [0.1, 0.15) is 12.8 Å². The largest absolute Gasteiger partial charge is 0.465 e. The first kappa shape index (κ1) is 18.4. The third kappa shape index (κ3) is 4.63. The highest BCUT2D eigenvalue weighted by Gasteiger charge is 2.36. The van der Waals surface area contributed by atoms with Crippen molar-refractivity contribution in [3.8, 4) is 0 Å². The average Bonchev–Trinajstić information content (AvgIpc) is 2.60. The minimum Gasteiger partial charge on any atom is -0.465 e. The van der Waals surface area contributed by atoms with Crippen LogP contribution in [0.25, 0.3) is 0 Å². The van der Waals surface area contributed by atoms with E-state index in [1.807, 2.05) is 30.3 Å². The fraction of sp³-hybridized carbons (Fsp3) is 0.556. The lowest BCUT2D eigenvalue weighted by Gasteiger charge is -2.40. The van der Waals surface area contributed by atoms with E-state index >= 15 is 0 Å². The van der Waals surface area contributed by atoms with Gasteiger partial charge in [-0.15, -0.1) is 0 Å². The molecule has 2 aliphatic heterocycles. The molecule has 0 unspecified atom stereocenters. The number of piperidine rings is 1. The molecule has 0 saturated carbocycles.